The third-order valence-corrected chi connectivity index (χ3v) is 5.25. The Bertz CT molecular complexity index is 970. The van der Waals surface area contributed by atoms with Crippen molar-refractivity contribution in [2.24, 2.45) is 4.99 Å². The molecule has 2 heterocycles. The molecule has 1 aliphatic heterocycles. The van der Waals surface area contributed by atoms with E-state index in [1.54, 1.807) is 18.3 Å². The minimum atomic E-state index is -3.87. The number of nitrogens with zero attached hydrogens (tertiary/aromatic N) is 3. The quantitative estimate of drug-likeness (QED) is 0.674. The maximum atomic E-state index is 12.6. The van der Waals surface area contributed by atoms with E-state index in [9.17, 15) is 8.42 Å². The van der Waals surface area contributed by atoms with E-state index in [1.807, 2.05) is 13.8 Å². The third-order valence-electron chi connectivity index (χ3n) is 3.88. The van der Waals surface area contributed by atoms with Crippen LogP contribution in [0.15, 0.2) is 40.2 Å². The first kappa shape index (κ1) is 21.0. The number of rotatable bonds is 7. The molecular formula is C18H22N4O6S. The second-order valence-corrected chi connectivity index (χ2v) is 8.21. The van der Waals surface area contributed by atoms with Gasteiger partial charge in [-0.05, 0) is 38.1 Å². The van der Waals surface area contributed by atoms with Gasteiger partial charge in [-0.25, -0.2) is 8.42 Å². The number of ether oxygens (including phenoxy) is 4. The highest BCUT2D eigenvalue weighted by Gasteiger charge is 2.31. The predicted octanol–water partition coefficient (Wildman–Crippen LogP) is 2.15. The van der Waals surface area contributed by atoms with Crippen LogP contribution in [-0.4, -0.2) is 57.3 Å². The number of hydrogen-bond acceptors (Lipinski definition) is 9. The predicted molar refractivity (Wildman–Crippen MR) is 105 cm³/mol. The van der Waals surface area contributed by atoms with Gasteiger partial charge in [-0.2, -0.15) is 9.97 Å². The molecule has 0 spiro atoms. The number of hydrogen-bond donors (Lipinski definition) is 1. The molecular weight excluding hydrogens is 400 g/mol. The molecule has 156 valence electrons. The Morgan fingerprint density at radius 3 is 2.52 bits per heavy atom. The lowest BCUT2D eigenvalue weighted by molar-refractivity contribution is -0.130. The third kappa shape index (κ3) is 5.40. The summed E-state index contributed by atoms with van der Waals surface area (Å²) in [5.74, 6) is -0.440. The maximum Gasteiger partial charge on any atom is 0.321 e. The molecule has 3 rings (SSSR count). The molecule has 1 atom stereocenters. The summed E-state index contributed by atoms with van der Waals surface area (Å²) in [4.78, 5) is 12.2. The van der Waals surface area contributed by atoms with Gasteiger partial charge >= 0.3 is 6.01 Å². The topological polar surface area (TPSA) is 121 Å². The van der Waals surface area contributed by atoms with Crippen molar-refractivity contribution in [3.05, 3.63) is 30.3 Å². The van der Waals surface area contributed by atoms with Gasteiger partial charge in [0.15, 0.2) is 11.6 Å². The van der Waals surface area contributed by atoms with E-state index in [0.717, 1.165) is 0 Å². The average molecular weight is 422 g/mol. The van der Waals surface area contributed by atoms with Gasteiger partial charge in [-0.3, -0.25) is 9.71 Å². The molecule has 29 heavy (non-hydrogen) atoms. The molecule has 0 bridgehead atoms. The summed E-state index contributed by atoms with van der Waals surface area (Å²) in [7, 11) is -1.10. The zero-order valence-corrected chi connectivity index (χ0v) is 17.3. The van der Waals surface area contributed by atoms with Crippen LogP contribution in [0.2, 0.25) is 0 Å². The second-order valence-electron chi connectivity index (χ2n) is 6.53. The van der Waals surface area contributed by atoms with Crippen LogP contribution < -0.4 is 14.2 Å². The number of benzene rings is 1. The van der Waals surface area contributed by atoms with Gasteiger partial charge in [0.2, 0.25) is 5.88 Å². The van der Waals surface area contributed by atoms with Crippen LogP contribution in [0, 0.1) is 0 Å². The number of sulfonamides is 1. The van der Waals surface area contributed by atoms with Gasteiger partial charge in [0.25, 0.3) is 10.0 Å². The molecule has 0 radical (unpaired) electrons. The average Bonchev–Trinajstić information content (AvgIpc) is 3.04. The lowest BCUT2D eigenvalue weighted by atomic mass is 10.3. The summed E-state index contributed by atoms with van der Waals surface area (Å²) in [5.41, 5.74) is 0.586. The van der Waals surface area contributed by atoms with Crippen LogP contribution in [0.5, 0.6) is 11.9 Å². The SMILES string of the molecule is COc1cc(NS(=O)(=O)c2ccc(N=C[C@@H]3COC(C)(C)O3)cc2)nc(OC)n1. The first-order valence-corrected chi connectivity index (χ1v) is 10.1. The van der Waals surface area contributed by atoms with Crippen molar-refractivity contribution in [1.29, 1.82) is 0 Å². The molecule has 0 unspecified atom stereocenters. The summed E-state index contributed by atoms with van der Waals surface area (Å²) in [5, 5.41) is 0. The molecule has 0 aliphatic carbocycles. The fourth-order valence-corrected chi connectivity index (χ4v) is 3.51. The molecule has 11 heteroatoms. The zero-order valence-electron chi connectivity index (χ0n) is 16.4. The first-order valence-electron chi connectivity index (χ1n) is 8.67. The van der Waals surface area contributed by atoms with E-state index in [1.165, 1.54) is 32.4 Å². The lowest BCUT2D eigenvalue weighted by Crippen LogP contribution is -2.21. The van der Waals surface area contributed by atoms with Crippen molar-refractivity contribution in [3.63, 3.8) is 0 Å². The van der Waals surface area contributed by atoms with Gasteiger partial charge in [0, 0.05) is 12.3 Å². The Labute approximate surface area is 169 Å². The zero-order chi connectivity index (χ0) is 21.1. The largest absolute Gasteiger partial charge is 0.481 e. The highest BCUT2D eigenvalue weighted by molar-refractivity contribution is 7.92. The van der Waals surface area contributed by atoms with Gasteiger partial charge < -0.3 is 18.9 Å². The normalized spacial score (nSPS) is 18.7. The van der Waals surface area contributed by atoms with Crippen molar-refractivity contribution in [2.75, 3.05) is 25.5 Å². The van der Waals surface area contributed by atoms with Crippen molar-refractivity contribution in [1.82, 2.24) is 9.97 Å². The van der Waals surface area contributed by atoms with Crippen LogP contribution in [0.1, 0.15) is 13.8 Å². The molecule has 0 saturated carbocycles. The smallest absolute Gasteiger partial charge is 0.321 e. The molecule has 0 amide bonds. The summed E-state index contributed by atoms with van der Waals surface area (Å²) in [6, 6.07) is 7.40. The molecule has 1 aliphatic rings. The molecule has 2 aromatic rings. The molecule has 1 N–H and O–H groups in total. The van der Waals surface area contributed by atoms with Gasteiger partial charge in [0.1, 0.15) is 6.10 Å². The summed E-state index contributed by atoms with van der Waals surface area (Å²) < 4.78 is 48.7. The van der Waals surface area contributed by atoms with E-state index < -0.39 is 15.8 Å². The standard InChI is InChI=1S/C18H22N4O6S/c1-18(2)27-11-13(28-18)10-19-12-5-7-14(8-6-12)29(23,24)22-15-9-16(25-3)21-17(20-15)26-4/h5-10,13H,11H2,1-4H3,(H,20,21,22)/t13-/m1/s1. The minimum Gasteiger partial charge on any atom is -0.481 e. The Hall–Kier alpha value is -2.76. The minimum absolute atomic E-state index is 0.0203. The number of aromatic nitrogens is 2. The highest BCUT2D eigenvalue weighted by atomic mass is 32.2. The first-order chi connectivity index (χ1) is 13.7. The van der Waals surface area contributed by atoms with E-state index in [0.29, 0.717) is 12.3 Å². The molecule has 1 fully saturated rings. The maximum absolute atomic E-state index is 12.6. The number of anilines is 1. The fraction of sp³-hybridized carbons (Fsp3) is 0.389. The molecule has 10 nitrogen and oxygen atoms in total. The van der Waals surface area contributed by atoms with Gasteiger partial charge in [0.05, 0.1) is 31.4 Å². The van der Waals surface area contributed by atoms with Crippen LogP contribution in [-0.2, 0) is 19.5 Å². The van der Waals surface area contributed by atoms with E-state index in [4.69, 9.17) is 18.9 Å². The summed E-state index contributed by atoms with van der Waals surface area (Å²) in [6.07, 6.45) is 1.38. The lowest BCUT2D eigenvalue weighted by Gasteiger charge is -2.15. The van der Waals surface area contributed by atoms with E-state index in [-0.39, 0.29) is 28.7 Å². The Balaban J connectivity index is 1.72. The Morgan fingerprint density at radius 2 is 1.93 bits per heavy atom. The Kier molecular flexibility index (Phi) is 6.01. The number of nitrogens with one attached hydrogen (secondary N) is 1. The van der Waals surface area contributed by atoms with E-state index in [2.05, 4.69) is 19.7 Å². The Morgan fingerprint density at radius 1 is 1.21 bits per heavy atom. The van der Waals surface area contributed by atoms with E-state index >= 15 is 0 Å². The van der Waals surface area contributed by atoms with Crippen molar-refractivity contribution in [3.8, 4) is 11.9 Å². The molecule has 1 aromatic heterocycles. The van der Waals surface area contributed by atoms with Crippen LogP contribution >= 0.6 is 0 Å². The molecule has 1 aromatic carbocycles. The van der Waals surface area contributed by atoms with Crippen LogP contribution in [0.25, 0.3) is 0 Å². The van der Waals surface area contributed by atoms with Gasteiger partial charge in [-0.15, -0.1) is 0 Å². The van der Waals surface area contributed by atoms with Crippen molar-refractivity contribution < 1.29 is 27.4 Å². The number of aliphatic imine (C=N–C) groups is 1. The van der Waals surface area contributed by atoms with Gasteiger partial charge in [-0.1, -0.05) is 0 Å². The van der Waals surface area contributed by atoms with Crippen molar-refractivity contribution >= 4 is 27.7 Å². The second kappa shape index (κ2) is 8.31. The number of methoxy groups -OCH3 is 2. The summed E-state index contributed by atoms with van der Waals surface area (Å²) >= 11 is 0. The molecule has 1 saturated heterocycles. The monoisotopic (exact) mass is 422 g/mol. The van der Waals surface area contributed by atoms with Crippen LogP contribution in [0.4, 0.5) is 11.5 Å². The fourth-order valence-electron chi connectivity index (χ4n) is 2.52. The van der Waals surface area contributed by atoms with Crippen molar-refractivity contribution in [2.45, 2.75) is 30.6 Å². The summed E-state index contributed by atoms with van der Waals surface area (Å²) in [6.45, 7) is 4.07. The van der Waals surface area contributed by atoms with Crippen LogP contribution in [0.3, 0.4) is 0 Å². The highest BCUT2D eigenvalue weighted by Crippen LogP contribution is 2.24.